The molecule has 1 aromatic heterocycles. The van der Waals surface area contributed by atoms with Crippen molar-refractivity contribution < 1.29 is 13.2 Å². The Morgan fingerprint density at radius 3 is 2.40 bits per heavy atom. The molecule has 1 N–H and O–H groups in total. The number of thiophene rings is 1. The predicted octanol–water partition coefficient (Wildman–Crippen LogP) is 4.32. The van der Waals surface area contributed by atoms with Crippen molar-refractivity contribution in [3.63, 3.8) is 0 Å². The average molecular weight is 441 g/mol. The van der Waals surface area contributed by atoms with Crippen LogP contribution in [0.4, 0.5) is 5.69 Å². The molecule has 0 fully saturated rings. The number of carbonyl (C=O) groups excluding carboxylic acids is 1. The number of carbonyl (C=O) groups is 1. The van der Waals surface area contributed by atoms with Gasteiger partial charge in [-0.3, -0.25) is 4.79 Å². The van der Waals surface area contributed by atoms with E-state index in [0.29, 0.717) is 27.4 Å². The van der Waals surface area contributed by atoms with Crippen LogP contribution in [0, 0.1) is 13.8 Å². The van der Waals surface area contributed by atoms with Crippen LogP contribution < -0.4 is 10.2 Å². The van der Waals surface area contributed by atoms with Gasteiger partial charge in [0.25, 0.3) is 5.91 Å². The van der Waals surface area contributed by atoms with Gasteiger partial charge < -0.3 is 10.2 Å². The van der Waals surface area contributed by atoms with E-state index in [4.69, 9.17) is 0 Å². The molecule has 7 heteroatoms. The van der Waals surface area contributed by atoms with Crippen molar-refractivity contribution in [2.24, 2.45) is 0 Å². The summed E-state index contributed by atoms with van der Waals surface area (Å²) in [7, 11) is 0.563. The number of amides is 1. The molecule has 0 aliphatic carbocycles. The third-order valence-corrected chi connectivity index (χ3v) is 8.37. The lowest BCUT2D eigenvalue weighted by Crippen LogP contribution is -2.21. The molecule has 0 atom stereocenters. The summed E-state index contributed by atoms with van der Waals surface area (Å²) in [4.78, 5) is 16.5. The van der Waals surface area contributed by atoms with Gasteiger partial charge in [-0.15, -0.1) is 11.3 Å². The highest BCUT2D eigenvalue weighted by atomic mass is 32.2. The molecule has 156 valence electrons. The normalized spacial score (nSPS) is 14.0. The Hall–Kier alpha value is -2.64. The number of aryl methyl sites for hydroxylation is 2. The molecule has 4 rings (SSSR count). The van der Waals surface area contributed by atoms with Crippen molar-refractivity contribution in [1.82, 2.24) is 5.32 Å². The maximum absolute atomic E-state index is 12.8. The molecule has 5 nitrogen and oxygen atoms in total. The number of nitrogens with zero attached hydrogens (tertiary/aromatic N) is 1. The smallest absolute Gasteiger partial charge is 0.261 e. The van der Waals surface area contributed by atoms with E-state index in [-0.39, 0.29) is 11.7 Å². The van der Waals surface area contributed by atoms with E-state index in [1.165, 1.54) is 11.3 Å². The van der Waals surface area contributed by atoms with Crippen LogP contribution in [0.3, 0.4) is 0 Å². The second kappa shape index (κ2) is 7.56. The van der Waals surface area contributed by atoms with E-state index in [1.807, 2.05) is 63.2 Å². The summed E-state index contributed by atoms with van der Waals surface area (Å²) in [5, 5.41) is 2.95. The number of benzene rings is 2. The van der Waals surface area contributed by atoms with Crippen LogP contribution in [0.2, 0.25) is 0 Å². The minimum atomic E-state index is -3.40. The zero-order valence-corrected chi connectivity index (χ0v) is 19.1. The number of nitrogens with one attached hydrogen (secondary N) is 1. The van der Waals surface area contributed by atoms with Gasteiger partial charge in [0.1, 0.15) is 0 Å². The Morgan fingerprint density at radius 2 is 1.73 bits per heavy atom. The zero-order chi connectivity index (χ0) is 21.6. The van der Waals surface area contributed by atoms with E-state index < -0.39 is 9.84 Å². The topological polar surface area (TPSA) is 66.5 Å². The molecular weight excluding hydrogens is 416 g/mol. The van der Waals surface area contributed by atoms with Crippen molar-refractivity contribution in [2.75, 3.05) is 19.0 Å². The Labute approximate surface area is 181 Å². The highest BCUT2D eigenvalue weighted by Crippen LogP contribution is 2.43. The highest BCUT2D eigenvalue weighted by Gasteiger charge is 2.31. The Bertz CT molecular complexity index is 1240. The number of sulfone groups is 1. The molecule has 2 heterocycles. The third-order valence-electron chi connectivity index (χ3n) is 5.46. The number of hydrogen-bond acceptors (Lipinski definition) is 5. The predicted molar refractivity (Wildman–Crippen MR) is 122 cm³/mol. The van der Waals surface area contributed by atoms with Crippen LogP contribution in [0.1, 0.15) is 31.9 Å². The molecule has 3 aromatic rings. The molecule has 2 aromatic carbocycles. The van der Waals surface area contributed by atoms with Gasteiger partial charge in [0.15, 0.2) is 9.84 Å². The van der Waals surface area contributed by atoms with Gasteiger partial charge in [0.2, 0.25) is 0 Å². The first kappa shape index (κ1) is 20.6. The van der Waals surface area contributed by atoms with E-state index in [0.717, 1.165) is 27.3 Å². The van der Waals surface area contributed by atoms with E-state index >= 15 is 0 Å². The number of anilines is 1. The van der Waals surface area contributed by atoms with Gasteiger partial charge in [-0.1, -0.05) is 12.1 Å². The van der Waals surface area contributed by atoms with Gasteiger partial charge in [0, 0.05) is 36.8 Å². The standard InChI is InChI=1S/C23H24N2O3S2/c1-14-9-19-21(10-15(14)2)30(27,28)13-17-11-20(29-22(17)19)23(26)24-12-16-5-7-18(8-6-16)25(3)4/h5-11H,12-13H2,1-4H3,(H,24,26). The molecular formula is C23H24N2O3S2. The lowest BCUT2D eigenvalue weighted by Gasteiger charge is -2.18. The van der Waals surface area contributed by atoms with Crippen molar-refractivity contribution >= 4 is 32.8 Å². The van der Waals surface area contributed by atoms with Gasteiger partial charge in [0.05, 0.1) is 15.5 Å². The van der Waals surface area contributed by atoms with E-state index in [9.17, 15) is 13.2 Å². The van der Waals surface area contributed by atoms with Crippen molar-refractivity contribution in [2.45, 2.75) is 31.0 Å². The first-order valence-corrected chi connectivity index (χ1v) is 12.1. The minimum Gasteiger partial charge on any atom is -0.378 e. The van der Waals surface area contributed by atoms with Crippen LogP contribution in [0.15, 0.2) is 47.4 Å². The summed E-state index contributed by atoms with van der Waals surface area (Å²) in [6.07, 6.45) is 0. The molecule has 0 saturated heterocycles. The second-order valence-electron chi connectivity index (χ2n) is 7.90. The molecule has 0 radical (unpaired) electrons. The van der Waals surface area contributed by atoms with Gasteiger partial charge in [-0.25, -0.2) is 8.42 Å². The molecule has 0 bridgehead atoms. The van der Waals surface area contributed by atoms with Gasteiger partial charge >= 0.3 is 0 Å². The van der Waals surface area contributed by atoms with Crippen LogP contribution in [-0.2, 0) is 22.1 Å². The lowest BCUT2D eigenvalue weighted by atomic mass is 10.0. The summed E-state index contributed by atoms with van der Waals surface area (Å²) in [5.74, 6) is -0.248. The molecule has 1 aliphatic heterocycles. The first-order valence-electron chi connectivity index (χ1n) is 9.67. The van der Waals surface area contributed by atoms with Crippen LogP contribution in [-0.4, -0.2) is 28.4 Å². The van der Waals surface area contributed by atoms with E-state index in [1.54, 1.807) is 12.1 Å². The summed E-state index contributed by atoms with van der Waals surface area (Å²) in [6.45, 7) is 4.31. The second-order valence-corrected chi connectivity index (χ2v) is 10.9. The Kier molecular flexibility index (Phi) is 5.20. The minimum absolute atomic E-state index is 0.0619. The Balaban J connectivity index is 1.58. The zero-order valence-electron chi connectivity index (χ0n) is 17.4. The monoisotopic (exact) mass is 440 g/mol. The molecule has 0 unspecified atom stereocenters. The van der Waals surface area contributed by atoms with Crippen molar-refractivity contribution in [3.8, 4) is 10.4 Å². The molecule has 0 saturated carbocycles. The largest absolute Gasteiger partial charge is 0.378 e. The average Bonchev–Trinajstić information content (AvgIpc) is 3.11. The number of hydrogen-bond donors (Lipinski definition) is 1. The molecule has 30 heavy (non-hydrogen) atoms. The summed E-state index contributed by atoms with van der Waals surface area (Å²) in [5.41, 5.74) is 5.52. The lowest BCUT2D eigenvalue weighted by molar-refractivity contribution is 0.0955. The van der Waals surface area contributed by atoms with Crippen molar-refractivity contribution in [1.29, 1.82) is 0 Å². The fourth-order valence-corrected chi connectivity index (χ4v) is 6.49. The molecule has 0 spiro atoms. The molecule has 1 aliphatic rings. The third kappa shape index (κ3) is 3.75. The first-order chi connectivity index (χ1) is 14.2. The fraction of sp³-hybridized carbons (Fsp3) is 0.261. The highest BCUT2D eigenvalue weighted by molar-refractivity contribution is 7.91. The summed E-state index contributed by atoms with van der Waals surface area (Å²) < 4.78 is 25.5. The van der Waals surface area contributed by atoms with Crippen LogP contribution in [0.5, 0.6) is 0 Å². The SMILES string of the molecule is Cc1cc2c(cc1C)S(=O)(=O)Cc1cc(C(=O)NCc3ccc(N(C)C)cc3)sc1-2. The molecule has 1 amide bonds. The van der Waals surface area contributed by atoms with Crippen LogP contribution in [0.25, 0.3) is 10.4 Å². The maximum atomic E-state index is 12.8. The summed E-state index contributed by atoms with van der Waals surface area (Å²) >= 11 is 1.36. The maximum Gasteiger partial charge on any atom is 0.261 e. The Morgan fingerprint density at radius 1 is 1.07 bits per heavy atom. The fourth-order valence-electron chi connectivity index (χ4n) is 3.56. The van der Waals surface area contributed by atoms with E-state index in [2.05, 4.69) is 5.32 Å². The van der Waals surface area contributed by atoms with Gasteiger partial charge in [-0.05, 0) is 66.4 Å². The number of rotatable bonds is 4. The quantitative estimate of drug-likeness (QED) is 0.656. The number of fused-ring (bicyclic) bond motifs is 3. The van der Waals surface area contributed by atoms with Gasteiger partial charge in [-0.2, -0.15) is 0 Å². The van der Waals surface area contributed by atoms with Crippen LogP contribution >= 0.6 is 11.3 Å². The summed E-state index contributed by atoms with van der Waals surface area (Å²) in [6, 6.07) is 13.4. The van der Waals surface area contributed by atoms with Crippen molar-refractivity contribution in [3.05, 3.63) is 69.6 Å².